The monoisotopic (exact) mass is 347 g/mol. The van der Waals surface area contributed by atoms with Crippen LogP contribution in [-0.2, 0) is 10.8 Å². The van der Waals surface area contributed by atoms with Crippen LogP contribution in [0, 0.1) is 0 Å². The average Bonchev–Trinajstić information content (AvgIpc) is 2.38. The Bertz CT molecular complexity index is 482. The number of hydrogen-bond donors (Lipinski definition) is 2. The molecule has 2 atom stereocenters. The lowest BCUT2D eigenvalue weighted by Gasteiger charge is -2.11. The molecule has 0 aliphatic carbocycles. The van der Waals surface area contributed by atoms with Gasteiger partial charge in [0.25, 0.3) is 5.91 Å². The van der Waals surface area contributed by atoms with Crippen molar-refractivity contribution in [1.29, 1.82) is 0 Å². The molecule has 1 amide bonds. The van der Waals surface area contributed by atoms with Crippen molar-refractivity contribution in [2.24, 2.45) is 0 Å². The van der Waals surface area contributed by atoms with Gasteiger partial charge in [-0.3, -0.25) is 9.00 Å². The van der Waals surface area contributed by atoms with E-state index >= 15 is 0 Å². The number of aromatic nitrogens is 1. The van der Waals surface area contributed by atoms with Crippen molar-refractivity contribution in [2.75, 3.05) is 25.2 Å². The fraction of sp³-hybridized carbons (Fsp3) is 0.500. The van der Waals surface area contributed by atoms with Gasteiger partial charge < -0.3 is 10.6 Å². The topological polar surface area (TPSA) is 71.1 Å². The van der Waals surface area contributed by atoms with Crippen LogP contribution in [0.3, 0.4) is 0 Å². The maximum atomic E-state index is 12.0. The first kappa shape index (κ1) is 16.1. The molecule has 0 aliphatic heterocycles. The molecule has 0 aliphatic rings. The van der Waals surface area contributed by atoms with Crippen LogP contribution in [0.15, 0.2) is 16.7 Å². The van der Waals surface area contributed by atoms with E-state index in [1.807, 2.05) is 6.92 Å². The molecule has 1 aromatic rings. The fourth-order valence-electron chi connectivity index (χ4n) is 1.46. The van der Waals surface area contributed by atoms with Gasteiger partial charge in [-0.05, 0) is 28.4 Å². The zero-order valence-corrected chi connectivity index (χ0v) is 13.6. The summed E-state index contributed by atoms with van der Waals surface area (Å²) < 4.78 is 12.0. The van der Waals surface area contributed by atoms with E-state index in [1.165, 1.54) is 0 Å². The average molecular weight is 348 g/mol. The molecular weight excluding hydrogens is 330 g/mol. The zero-order chi connectivity index (χ0) is 14.4. The van der Waals surface area contributed by atoms with Crippen molar-refractivity contribution in [2.45, 2.75) is 18.6 Å². The van der Waals surface area contributed by atoms with Gasteiger partial charge in [0.05, 0.1) is 5.56 Å². The molecule has 1 rings (SSSR count). The number of nitrogens with one attached hydrogen (secondary N) is 2. The van der Waals surface area contributed by atoms with Gasteiger partial charge in [-0.15, -0.1) is 0 Å². The normalized spacial score (nSPS) is 13.7. The van der Waals surface area contributed by atoms with Gasteiger partial charge in [0.1, 0.15) is 5.82 Å². The van der Waals surface area contributed by atoms with E-state index in [-0.39, 0.29) is 11.2 Å². The summed E-state index contributed by atoms with van der Waals surface area (Å²) in [5.74, 6) is 0.347. The lowest BCUT2D eigenvalue weighted by molar-refractivity contribution is 0.0953. The summed E-state index contributed by atoms with van der Waals surface area (Å²) in [6, 6.07) is 1.72. The summed E-state index contributed by atoms with van der Waals surface area (Å²) in [4.78, 5) is 16.2. The number of anilines is 1. The predicted octanol–water partition coefficient (Wildman–Crippen LogP) is 1.77. The molecule has 0 spiro atoms. The Morgan fingerprint density at radius 1 is 1.58 bits per heavy atom. The van der Waals surface area contributed by atoms with Crippen LogP contribution in [0.2, 0.25) is 0 Å². The van der Waals surface area contributed by atoms with Gasteiger partial charge in [0.15, 0.2) is 0 Å². The van der Waals surface area contributed by atoms with E-state index in [0.717, 1.165) is 4.47 Å². The smallest absolute Gasteiger partial charge is 0.255 e. The summed E-state index contributed by atoms with van der Waals surface area (Å²) in [7, 11) is 0.855. The van der Waals surface area contributed by atoms with E-state index < -0.39 is 10.8 Å². The number of pyridine rings is 1. The molecule has 106 valence electrons. The fourth-order valence-corrected chi connectivity index (χ4v) is 2.24. The van der Waals surface area contributed by atoms with Crippen molar-refractivity contribution in [3.8, 4) is 0 Å². The number of carbonyl (C=O) groups is 1. The van der Waals surface area contributed by atoms with Crippen molar-refractivity contribution in [3.63, 3.8) is 0 Å². The van der Waals surface area contributed by atoms with Crippen LogP contribution in [0.4, 0.5) is 5.82 Å². The molecule has 0 radical (unpaired) electrons. The largest absolute Gasteiger partial charge is 0.372 e. The van der Waals surface area contributed by atoms with Crippen LogP contribution in [0.5, 0.6) is 0 Å². The molecule has 0 saturated heterocycles. The summed E-state index contributed by atoms with van der Waals surface area (Å²) in [6.07, 6.45) is 3.99. The third-order valence-electron chi connectivity index (χ3n) is 2.74. The molecule has 19 heavy (non-hydrogen) atoms. The van der Waals surface area contributed by atoms with E-state index in [1.54, 1.807) is 25.6 Å². The first-order valence-corrected chi connectivity index (χ1v) is 8.30. The number of hydrogen-bond acceptors (Lipinski definition) is 4. The lowest BCUT2D eigenvalue weighted by Crippen LogP contribution is -2.28. The highest BCUT2D eigenvalue weighted by Gasteiger charge is 2.13. The quantitative estimate of drug-likeness (QED) is 0.822. The maximum Gasteiger partial charge on any atom is 0.255 e. The molecule has 7 heteroatoms. The molecule has 1 heterocycles. The van der Waals surface area contributed by atoms with E-state index in [4.69, 9.17) is 0 Å². The first-order valence-electron chi connectivity index (χ1n) is 5.89. The highest BCUT2D eigenvalue weighted by atomic mass is 79.9. The van der Waals surface area contributed by atoms with Crippen molar-refractivity contribution >= 4 is 38.5 Å². The standard InChI is InChI=1S/C12H18BrN3O2S/c1-8(19(3)18)4-5-15-12(17)10-6-9(13)7-16-11(10)14-2/h6-8H,4-5H2,1-3H3,(H,14,16)(H,15,17). The highest BCUT2D eigenvalue weighted by molar-refractivity contribution is 9.10. The molecular formula is C12H18BrN3O2S. The number of amides is 1. The molecule has 0 saturated carbocycles. The molecule has 2 unspecified atom stereocenters. The number of rotatable bonds is 6. The Hall–Kier alpha value is -0.950. The van der Waals surface area contributed by atoms with Gasteiger partial charge in [0.2, 0.25) is 0 Å². The summed E-state index contributed by atoms with van der Waals surface area (Å²) in [5, 5.41) is 5.77. The van der Waals surface area contributed by atoms with Gasteiger partial charge >= 0.3 is 0 Å². The van der Waals surface area contributed by atoms with Crippen molar-refractivity contribution in [1.82, 2.24) is 10.3 Å². The first-order chi connectivity index (χ1) is 8.95. The Morgan fingerprint density at radius 2 is 2.26 bits per heavy atom. The van der Waals surface area contributed by atoms with Crippen molar-refractivity contribution < 1.29 is 9.00 Å². The van der Waals surface area contributed by atoms with Gasteiger partial charge in [-0.1, -0.05) is 6.92 Å². The van der Waals surface area contributed by atoms with Crippen LogP contribution in [0.1, 0.15) is 23.7 Å². The van der Waals surface area contributed by atoms with Crippen LogP contribution < -0.4 is 10.6 Å². The van der Waals surface area contributed by atoms with Crippen LogP contribution in [-0.4, -0.2) is 40.2 Å². The molecule has 0 aromatic carbocycles. The summed E-state index contributed by atoms with van der Waals surface area (Å²) in [6.45, 7) is 2.40. The molecule has 1 aromatic heterocycles. The maximum absolute atomic E-state index is 12.0. The second kappa shape index (κ2) is 7.59. The Kier molecular flexibility index (Phi) is 6.44. The minimum atomic E-state index is -0.863. The minimum absolute atomic E-state index is 0.0738. The Morgan fingerprint density at radius 3 is 2.84 bits per heavy atom. The van der Waals surface area contributed by atoms with Crippen LogP contribution >= 0.6 is 15.9 Å². The number of carbonyl (C=O) groups excluding carboxylic acids is 1. The van der Waals surface area contributed by atoms with Gasteiger partial charge in [-0.25, -0.2) is 4.98 Å². The second-order valence-corrected chi connectivity index (χ2v) is 6.87. The SMILES string of the molecule is CNc1ncc(Br)cc1C(=O)NCCC(C)S(C)=O. The highest BCUT2D eigenvalue weighted by Crippen LogP contribution is 2.17. The number of halogens is 1. The summed E-state index contributed by atoms with van der Waals surface area (Å²) in [5.41, 5.74) is 0.488. The molecule has 0 bridgehead atoms. The van der Waals surface area contributed by atoms with E-state index in [2.05, 4.69) is 31.5 Å². The third-order valence-corrected chi connectivity index (χ3v) is 4.54. The number of nitrogens with zero attached hydrogens (tertiary/aromatic N) is 1. The molecule has 2 N–H and O–H groups in total. The lowest BCUT2D eigenvalue weighted by atomic mass is 10.2. The third kappa shape index (κ3) is 4.91. The van der Waals surface area contributed by atoms with Crippen LogP contribution in [0.25, 0.3) is 0 Å². The molecule has 0 fully saturated rings. The summed E-state index contributed by atoms with van der Waals surface area (Å²) >= 11 is 3.29. The van der Waals surface area contributed by atoms with E-state index in [9.17, 15) is 9.00 Å². The van der Waals surface area contributed by atoms with Gasteiger partial charge in [-0.2, -0.15) is 0 Å². The van der Waals surface area contributed by atoms with E-state index in [0.29, 0.717) is 24.3 Å². The van der Waals surface area contributed by atoms with Crippen molar-refractivity contribution in [3.05, 3.63) is 22.3 Å². The Labute approximate surface area is 124 Å². The Balaban J connectivity index is 2.63. The second-order valence-electron chi connectivity index (χ2n) is 4.15. The predicted molar refractivity (Wildman–Crippen MR) is 82.0 cm³/mol. The zero-order valence-electron chi connectivity index (χ0n) is 11.2. The molecule has 5 nitrogen and oxygen atoms in total. The van der Waals surface area contributed by atoms with Gasteiger partial charge in [0, 0.05) is 46.6 Å². The minimum Gasteiger partial charge on any atom is -0.372 e.